The van der Waals surface area contributed by atoms with Crippen molar-refractivity contribution in [3.8, 4) is 0 Å². The molecule has 3 unspecified atom stereocenters. The predicted molar refractivity (Wildman–Crippen MR) is 75.6 cm³/mol. The van der Waals surface area contributed by atoms with Crippen LogP contribution in [0.2, 0.25) is 0 Å². The minimum absolute atomic E-state index is 0.0765. The lowest BCUT2D eigenvalue weighted by molar-refractivity contribution is -0.140. The summed E-state index contributed by atoms with van der Waals surface area (Å²) >= 11 is 0. The van der Waals surface area contributed by atoms with E-state index >= 15 is 0 Å². The van der Waals surface area contributed by atoms with Gasteiger partial charge in [0.1, 0.15) is 6.04 Å². The van der Waals surface area contributed by atoms with Crippen molar-refractivity contribution in [2.75, 3.05) is 19.7 Å². The Morgan fingerprint density at radius 2 is 2.15 bits per heavy atom. The molecule has 3 atom stereocenters. The smallest absolute Gasteiger partial charge is 0.326 e. The van der Waals surface area contributed by atoms with Crippen molar-refractivity contribution in [2.45, 2.75) is 52.2 Å². The Morgan fingerprint density at radius 3 is 2.60 bits per heavy atom. The number of nitrogens with zero attached hydrogens (tertiary/aromatic N) is 1. The summed E-state index contributed by atoms with van der Waals surface area (Å²) in [6.07, 6.45) is 2.76. The van der Waals surface area contributed by atoms with E-state index in [4.69, 9.17) is 4.74 Å². The largest absolute Gasteiger partial charge is 0.480 e. The van der Waals surface area contributed by atoms with Crippen LogP contribution in [0.4, 0.5) is 4.79 Å². The number of likely N-dealkylation sites (N-methyl/N-ethyl adjacent to an activating group) is 1. The third-order valence-corrected chi connectivity index (χ3v) is 3.87. The molecule has 1 fully saturated rings. The fourth-order valence-electron chi connectivity index (χ4n) is 2.30. The van der Waals surface area contributed by atoms with Gasteiger partial charge in [-0.25, -0.2) is 9.59 Å². The fourth-order valence-corrected chi connectivity index (χ4v) is 2.30. The Balaban J connectivity index is 2.57. The lowest BCUT2D eigenvalue weighted by atomic mass is 9.99. The molecule has 116 valence electrons. The topological polar surface area (TPSA) is 78.9 Å². The summed E-state index contributed by atoms with van der Waals surface area (Å²) in [5, 5.41) is 11.8. The van der Waals surface area contributed by atoms with E-state index in [1.165, 1.54) is 0 Å². The molecule has 0 aromatic rings. The molecule has 2 amide bonds. The van der Waals surface area contributed by atoms with E-state index in [2.05, 4.69) is 5.32 Å². The molecule has 1 rings (SSSR count). The first-order valence-corrected chi connectivity index (χ1v) is 7.39. The van der Waals surface area contributed by atoms with Crippen LogP contribution in [0.3, 0.4) is 0 Å². The Bertz CT molecular complexity index is 329. The minimum Gasteiger partial charge on any atom is -0.480 e. The number of carboxylic acid groups (broad SMARTS) is 1. The Kier molecular flexibility index (Phi) is 6.78. The molecular formula is C14H26N2O4. The van der Waals surface area contributed by atoms with Crippen LogP contribution in [0.25, 0.3) is 0 Å². The molecule has 6 nitrogen and oxygen atoms in total. The highest BCUT2D eigenvalue weighted by molar-refractivity contribution is 5.82. The van der Waals surface area contributed by atoms with Gasteiger partial charge in [-0.2, -0.15) is 0 Å². The number of carbonyl (C=O) groups is 2. The third kappa shape index (κ3) is 4.67. The number of aliphatic carboxylic acids is 1. The summed E-state index contributed by atoms with van der Waals surface area (Å²) in [6.45, 7) is 7.43. The second kappa shape index (κ2) is 8.09. The zero-order valence-electron chi connectivity index (χ0n) is 12.6. The van der Waals surface area contributed by atoms with Crippen molar-refractivity contribution >= 4 is 12.0 Å². The van der Waals surface area contributed by atoms with E-state index in [1.54, 1.807) is 4.90 Å². The van der Waals surface area contributed by atoms with Crippen molar-refractivity contribution in [3.05, 3.63) is 0 Å². The minimum atomic E-state index is -0.985. The van der Waals surface area contributed by atoms with Crippen molar-refractivity contribution in [1.29, 1.82) is 0 Å². The lowest BCUT2D eigenvalue weighted by Gasteiger charge is -2.27. The summed E-state index contributed by atoms with van der Waals surface area (Å²) in [7, 11) is 0. The summed E-state index contributed by atoms with van der Waals surface area (Å²) in [4.78, 5) is 25.0. The predicted octanol–water partition coefficient (Wildman–Crippen LogP) is 1.70. The first kappa shape index (κ1) is 16.8. The molecule has 2 N–H and O–H groups in total. The molecule has 0 aliphatic carbocycles. The van der Waals surface area contributed by atoms with E-state index < -0.39 is 12.0 Å². The number of carbonyl (C=O) groups excluding carboxylic acids is 1. The van der Waals surface area contributed by atoms with E-state index in [9.17, 15) is 14.7 Å². The maximum atomic E-state index is 12.2. The molecule has 1 aliphatic rings. The van der Waals surface area contributed by atoms with Crippen molar-refractivity contribution in [3.63, 3.8) is 0 Å². The van der Waals surface area contributed by atoms with Crippen LogP contribution in [0, 0.1) is 5.92 Å². The van der Waals surface area contributed by atoms with E-state index in [0.717, 1.165) is 19.4 Å². The number of hydrogen-bond acceptors (Lipinski definition) is 3. The van der Waals surface area contributed by atoms with Crippen molar-refractivity contribution in [2.24, 2.45) is 5.92 Å². The molecule has 0 bridgehead atoms. The van der Waals surface area contributed by atoms with Crippen molar-refractivity contribution in [1.82, 2.24) is 10.2 Å². The molecule has 1 aliphatic heterocycles. The van der Waals surface area contributed by atoms with Crippen molar-refractivity contribution < 1.29 is 19.4 Å². The average Bonchev–Trinajstić information content (AvgIpc) is 2.93. The molecule has 0 saturated carbocycles. The van der Waals surface area contributed by atoms with E-state index in [1.807, 2.05) is 20.8 Å². The number of hydrogen-bond donors (Lipinski definition) is 2. The second-order valence-electron chi connectivity index (χ2n) is 5.32. The van der Waals surface area contributed by atoms with Gasteiger partial charge in [0.25, 0.3) is 0 Å². The van der Waals surface area contributed by atoms with Gasteiger partial charge in [-0.1, -0.05) is 20.3 Å². The third-order valence-electron chi connectivity index (χ3n) is 3.87. The number of amides is 2. The molecular weight excluding hydrogens is 260 g/mol. The van der Waals surface area contributed by atoms with Gasteiger partial charge in [-0.3, -0.25) is 0 Å². The first-order chi connectivity index (χ1) is 9.49. The molecule has 0 aromatic heterocycles. The van der Waals surface area contributed by atoms with Gasteiger partial charge >= 0.3 is 12.0 Å². The van der Waals surface area contributed by atoms with Gasteiger partial charge in [0.2, 0.25) is 0 Å². The summed E-state index contributed by atoms with van der Waals surface area (Å²) in [5.41, 5.74) is 0. The van der Waals surface area contributed by atoms with Gasteiger partial charge in [0, 0.05) is 19.7 Å². The number of urea groups is 1. The van der Waals surface area contributed by atoms with E-state index in [-0.39, 0.29) is 18.1 Å². The molecule has 0 aromatic carbocycles. The summed E-state index contributed by atoms with van der Waals surface area (Å²) < 4.78 is 5.52. The second-order valence-corrected chi connectivity index (χ2v) is 5.32. The van der Waals surface area contributed by atoms with Crippen LogP contribution >= 0.6 is 0 Å². The molecule has 0 radical (unpaired) electrons. The maximum Gasteiger partial charge on any atom is 0.326 e. The van der Waals surface area contributed by atoms with Gasteiger partial charge in [0.15, 0.2) is 0 Å². The van der Waals surface area contributed by atoms with Crippen LogP contribution in [-0.4, -0.2) is 53.8 Å². The zero-order valence-corrected chi connectivity index (χ0v) is 12.6. The van der Waals surface area contributed by atoms with Crippen LogP contribution in [0.15, 0.2) is 0 Å². The van der Waals surface area contributed by atoms with Gasteiger partial charge < -0.3 is 20.1 Å². The molecule has 1 heterocycles. The summed E-state index contributed by atoms with van der Waals surface area (Å²) in [6, 6.07) is -1.17. The number of rotatable bonds is 7. The Labute approximate surface area is 120 Å². The normalized spacial score (nSPS) is 21.2. The highest BCUT2D eigenvalue weighted by atomic mass is 16.5. The molecule has 6 heteroatoms. The number of nitrogens with one attached hydrogen (secondary N) is 1. The monoisotopic (exact) mass is 286 g/mol. The first-order valence-electron chi connectivity index (χ1n) is 7.39. The van der Waals surface area contributed by atoms with Crippen LogP contribution < -0.4 is 5.32 Å². The Hall–Kier alpha value is -1.30. The highest BCUT2D eigenvalue weighted by Gasteiger charge is 2.28. The number of ether oxygens (including phenoxy) is 1. The van der Waals surface area contributed by atoms with Gasteiger partial charge in [0.05, 0.1) is 6.10 Å². The molecule has 0 spiro atoms. The maximum absolute atomic E-state index is 12.2. The van der Waals surface area contributed by atoms with Gasteiger partial charge in [-0.15, -0.1) is 0 Å². The quantitative estimate of drug-likeness (QED) is 0.746. The lowest BCUT2D eigenvalue weighted by Crippen LogP contribution is -2.51. The fraction of sp³-hybridized carbons (Fsp3) is 0.857. The molecule has 20 heavy (non-hydrogen) atoms. The Morgan fingerprint density at radius 1 is 1.45 bits per heavy atom. The summed E-state index contributed by atoms with van der Waals surface area (Å²) in [5.74, 6) is -1.08. The average molecular weight is 286 g/mol. The highest BCUT2D eigenvalue weighted by Crippen LogP contribution is 2.14. The van der Waals surface area contributed by atoms with Gasteiger partial charge in [-0.05, 0) is 25.7 Å². The van der Waals surface area contributed by atoms with Crippen LogP contribution in [0.1, 0.15) is 40.0 Å². The molecule has 1 saturated heterocycles. The van der Waals surface area contributed by atoms with Crippen LogP contribution in [0.5, 0.6) is 0 Å². The standard InChI is InChI=1S/C14H26N2O4/c1-4-10(3)12(13(17)18)15-14(19)16(5-2)9-11-7-6-8-20-11/h10-12H,4-9H2,1-3H3,(H,15,19)(H,17,18). The number of carboxylic acids is 1. The SMILES string of the molecule is CCC(C)C(NC(=O)N(CC)CC1CCCO1)C(=O)O. The van der Waals surface area contributed by atoms with E-state index in [0.29, 0.717) is 19.5 Å². The van der Waals surface area contributed by atoms with Crippen LogP contribution in [-0.2, 0) is 9.53 Å². The zero-order chi connectivity index (χ0) is 15.1.